The van der Waals surface area contributed by atoms with Crippen LogP contribution in [0.15, 0.2) is 53.5 Å². The molecule has 5 heteroatoms. The van der Waals surface area contributed by atoms with E-state index in [-0.39, 0.29) is 5.88 Å². The lowest BCUT2D eigenvalue weighted by Crippen LogP contribution is -2.12. The van der Waals surface area contributed by atoms with Crippen molar-refractivity contribution < 1.29 is 4.74 Å². The summed E-state index contributed by atoms with van der Waals surface area (Å²) >= 11 is 11.6. The lowest BCUT2D eigenvalue weighted by Gasteiger charge is -2.09. The molecule has 3 nitrogen and oxygen atoms in total. The number of para-hydroxylation sites is 1. The maximum atomic E-state index is 5.95. The molecule has 2 N–H and O–H groups in total. The maximum Gasteiger partial charge on any atom is 0.153 e. The molecule has 2 aromatic rings. The summed E-state index contributed by atoms with van der Waals surface area (Å²) in [5.74, 6) is 1.74. The topological polar surface area (TPSA) is 47.6 Å². The van der Waals surface area contributed by atoms with E-state index in [1.165, 1.54) is 0 Å². The second kappa shape index (κ2) is 6.45. The summed E-state index contributed by atoms with van der Waals surface area (Å²) in [6, 6.07) is 14.6. The molecule has 0 aliphatic heterocycles. The van der Waals surface area contributed by atoms with Gasteiger partial charge < -0.3 is 10.5 Å². The van der Waals surface area contributed by atoms with E-state index in [0.29, 0.717) is 28.0 Å². The Kier molecular flexibility index (Phi) is 4.66. The van der Waals surface area contributed by atoms with Crippen LogP contribution in [0.1, 0.15) is 0 Å². The first-order valence-electron chi connectivity index (χ1n) is 5.60. The van der Waals surface area contributed by atoms with E-state index in [4.69, 9.17) is 33.7 Å². The van der Waals surface area contributed by atoms with Crippen molar-refractivity contribution in [2.24, 2.45) is 10.7 Å². The molecule has 0 aliphatic rings. The Morgan fingerprint density at radius 2 is 1.89 bits per heavy atom. The lowest BCUT2D eigenvalue weighted by atomic mass is 10.3. The molecule has 0 amide bonds. The van der Waals surface area contributed by atoms with Gasteiger partial charge in [0.1, 0.15) is 17.3 Å². The van der Waals surface area contributed by atoms with E-state index >= 15 is 0 Å². The third kappa shape index (κ3) is 3.88. The van der Waals surface area contributed by atoms with Gasteiger partial charge in [-0.15, -0.1) is 11.6 Å². The van der Waals surface area contributed by atoms with E-state index in [1.807, 2.05) is 30.3 Å². The Morgan fingerprint density at radius 3 is 2.58 bits per heavy atom. The summed E-state index contributed by atoms with van der Waals surface area (Å²) in [6.07, 6.45) is 0. The van der Waals surface area contributed by atoms with Crippen molar-refractivity contribution in [2.75, 3.05) is 5.88 Å². The number of ether oxygens (including phenoxy) is 1. The van der Waals surface area contributed by atoms with Gasteiger partial charge in [-0.2, -0.15) is 0 Å². The van der Waals surface area contributed by atoms with Crippen molar-refractivity contribution in [3.8, 4) is 11.5 Å². The molecule has 2 aromatic carbocycles. The van der Waals surface area contributed by atoms with Gasteiger partial charge in [0.05, 0.1) is 5.88 Å². The highest BCUT2D eigenvalue weighted by atomic mass is 35.5. The third-order valence-electron chi connectivity index (χ3n) is 2.29. The fourth-order valence-electron chi connectivity index (χ4n) is 1.46. The average molecular weight is 295 g/mol. The number of aliphatic imine (C=N–C) groups is 1. The third-order valence-corrected chi connectivity index (χ3v) is 2.80. The maximum absolute atomic E-state index is 5.95. The zero-order valence-corrected chi connectivity index (χ0v) is 11.5. The van der Waals surface area contributed by atoms with Crippen molar-refractivity contribution in [1.29, 1.82) is 0 Å². The lowest BCUT2D eigenvalue weighted by molar-refractivity contribution is 0.484. The second-order valence-corrected chi connectivity index (χ2v) is 4.47. The fraction of sp³-hybridized carbons (Fsp3) is 0.0714. The fourth-order valence-corrected chi connectivity index (χ4v) is 1.69. The number of benzene rings is 2. The summed E-state index contributed by atoms with van der Waals surface area (Å²) in [7, 11) is 0. The number of halogens is 2. The zero-order valence-electron chi connectivity index (χ0n) is 10.0. The van der Waals surface area contributed by atoms with Crippen LogP contribution in [0.4, 0.5) is 5.69 Å². The standard InChI is InChI=1S/C14H12Cl2N2O/c15-9-14(17)18-12-8-10(16)6-7-13(12)19-11-4-2-1-3-5-11/h1-8H,9H2,(H2,17,18). The van der Waals surface area contributed by atoms with Crippen molar-refractivity contribution in [1.82, 2.24) is 0 Å². The van der Waals surface area contributed by atoms with Crippen LogP contribution >= 0.6 is 23.2 Å². The van der Waals surface area contributed by atoms with Crippen LogP contribution in [0.3, 0.4) is 0 Å². The Labute approximate surface area is 121 Å². The minimum Gasteiger partial charge on any atom is -0.455 e. The second-order valence-electron chi connectivity index (χ2n) is 3.76. The molecule has 0 heterocycles. The first-order valence-corrected chi connectivity index (χ1v) is 6.52. The van der Waals surface area contributed by atoms with Crippen molar-refractivity contribution >= 4 is 34.7 Å². The molecule has 19 heavy (non-hydrogen) atoms. The molecule has 0 radical (unpaired) electrons. The molecule has 0 bridgehead atoms. The number of rotatable bonds is 4. The quantitative estimate of drug-likeness (QED) is 0.517. The van der Waals surface area contributed by atoms with Gasteiger partial charge >= 0.3 is 0 Å². The van der Waals surface area contributed by atoms with Gasteiger partial charge in [0.2, 0.25) is 0 Å². The smallest absolute Gasteiger partial charge is 0.153 e. The van der Waals surface area contributed by atoms with E-state index in [1.54, 1.807) is 18.2 Å². The van der Waals surface area contributed by atoms with Crippen LogP contribution in [0, 0.1) is 0 Å². The first kappa shape index (κ1) is 13.7. The Hall–Kier alpha value is -1.71. The Balaban J connectivity index is 2.35. The average Bonchev–Trinajstić information content (AvgIpc) is 2.43. The van der Waals surface area contributed by atoms with Gasteiger partial charge in [0.15, 0.2) is 5.75 Å². The Morgan fingerprint density at radius 1 is 1.16 bits per heavy atom. The largest absolute Gasteiger partial charge is 0.455 e. The monoisotopic (exact) mass is 294 g/mol. The normalized spacial score (nSPS) is 11.4. The molecule has 0 aliphatic carbocycles. The van der Waals surface area contributed by atoms with E-state index in [0.717, 1.165) is 0 Å². The summed E-state index contributed by atoms with van der Waals surface area (Å²) in [5, 5.41) is 0.557. The Bertz CT molecular complexity index is 585. The number of hydrogen-bond acceptors (Lipinski definition) is 2. The number of hydrogen-bond donors (Lipinski definition) is 1. The van der Waals surface area contributed by atoms with Gasteiger partial charge in [-0.05, 0) is 30.3 Å². The van der Waals surface area contributed by atoms with Crippen LogP contribution < -0.4 is 10.5 Å². The molecule has 0 saturated carbocycles. The van der Waals surface area contributed by atoms with Gasteiger partial charge in [-0.3, -0.25) is 0 Å². The van der Waals surface area contributed by atoms with Gasteiger partial charge in [-0.25, -0.2) is 4.99 Å². The van der Waals surface area contributed by atoms with Crippen molar-refractivity contribution in [3.05, 3.63) is 53.6 Å². The highest BCUT2D eigenvalue weighted by molar-refractivity contribution is 6.31. The van der Waals surface area contributed by atoms with Crippen molar-refractivity contribution in [3.63, 3.8) is 0 Å². The molecule has 2 rings (SSSR count). The number of nitrogens with two attached hydrogens (primary N) is 1. The summed E-state index contributed by atoms with van der Waals surface area (Å²) in [6.45, 7) is 0. The molecule has 0 spiro atoms. The van der Waals surface area contributed by atoms with Crippen LogP contribution in [-0.2, 0) is 0 Å². The number of alkyl halides is 1. The number of amidine groups is 1. The van der Waals surface area contributed by atoms with Crippen molar-refractivity contribution in [2.45, 2.75) is 0 Å². The van der Waals surface area contributed by atoms with Gasteiger partial charge in [-0.1, -0.05) is 29.8 Å². The molecule has 0 saturated heterocycles. The van der Waals surface area contributed by atoms with E-state index in [2.05, 4.69) is 4.99 Å². The van der Waals surface area contributed by atoms with Crippen LogP contribution in [0.5, 0.6) is 11.5 Å². The highest BCUT2D eigenvalue weighted by Crippen LogP contribution is 2.34. The minimum atomic E-state index is 0.150. The minimum absolute atomic E-state index is 0.150. The summed E-state index contributed by atoms with van der Waals surface area (Å²) < 4.78 is 5.75. The predicted octanol–water partition coefficient (Wildman–Crippen LogP) is 4.36. The molecular formula is C14H12Cl2N2O. The van der Waals surface area contributed by atoms with Gasteiger partial charge in [0.25, 0.3) is 0 Å². The molecule has 0 atom stereocenters. The SMILES string of the molecule is NC(CCl)=Nc1cc(Cl)ccc1Oc1ccccc1. The van der Waals surface area contributed by atoms with Crippen LogP contribution in [0.25, 0.3) is 0 Å². The van der Waals surface area contributed by atoms with E-state index < -0.39 is 0 Å². The molecule has 0 aromatic heterocycles. The summed E-state index contributed by atoms with van der Waals surface area (Å²) in [5.41, 5.74) is 6.19. The summed E-state index contributed by atoms with van der Waals surface area (Å²) in [4.78, 5) is 4.19. The molecule has 0 fully saturated rings. The molecular weight excluding hydrogens is 283 g/mol. The number of nitrogens with zero attached hydrogens (tertiary/aromatic N) is 1. The molecule has 98 valence electrons. The first-order chi connectivity index (χ1) is 9.19. The molecule has 0 unspecified atom stereocenters. The van der Waals surface area contributed by atoms with Crippen LogP contribution in [-0.4, -0.2) is 11.7 Å². The van der Waals surface area contributed by atoms with Gasteiger partial charge in [0, 0.05) is 5.02 Å². The highest BCUT2D eigenvalue weighted by Gasteiger charge is 2.06. The van der Waals surface area contributed by atoms with E-state index in [9.17, 15) is 0 Å². The predicted molar refractivity (Wildman–Crippen MR) is 80.0 cm³/mol. The van der Waals surface area contributed by atoms with Crippen LogP contribution in [0.2, 0.25) is 5.02 Å². The zero-order chi connectivity index (χ0) is 13.7.